The van der Waals surface area contributed by atoms with Gasteiger partial charge in [0.15, 0.2) is 0 Å². The van der Waals surface area contributed by atoms with E-state index in [0.29, 0.717) is 18.7 Å². The second kappa shape index (κ2) is 9.19. The third-order valence-electron chi connectivity index (χ3n) is 5.36. The number of hydrogen-bond acceptors (Lipinski definition) is 5. The van der Waals surface area contributed by atoms with Crippen molar-refractivity contribution in [1.82, 2.24) is 4.90 Å². The highest BCUT2D eigenvalue weighted by atomic mass is 16.6. The van der Waals surface area contributed by atoms with Crippen LogP contribution in [0, 0.1) is 0 Å². The van der Waals surface area contributed by atoms with Gasteiger partial charge in [0.05, 0.1) is 11.2 Å². The monoisotopic (exact) mass is 410 g/mol. The van der Waals surface area contributed by atoms with Gasteiger partial charge in [-0.2, -0.15) is 0 Å². The number of aliphatic hydroxyl groups is 1. The molecule has 1 saturated heterocycles. The van der Waals surface area contributed by atoms with Crippen molar-refractivity contribution in [2.45, 2.75) is 51.4 Å². The van der Waals surface area contributed by atoms with Gasteiger partial charge in [-0.05, 0) is 70.0 Å². The number of ether oxygens (including phenoxy) is 1. The average molecular weight is 411 g/mol. The van der Waals surface area contributed by atoms with E-state index in [0.717, 1.165) is 31.6 Å². The summed E-state index contributed by atoms with van der Waals surface area (Å²) in [5, 5.41) is 11.3. The molecule has 0 bridgehead atoms. The van der Waals surface area contributed by atoms with Gasteiger partial charge < -0.3 is 14.7 Å². The number of piperidine rings is 1. The third kappa shape index (κ3) is 6.31. The zero-order valence-corrected chi connectivity index (χ0v) is 18.6. The number of hydrogen-bond donors (Lipinski definition) is 1. The number of nitrogens with zero attached hydrogens (tertiary/aromatic N) is 2. The fourth-order valence-electron chi connectivity index (χ4n) is 4.03. The zero-order valence-electron chi connectivity index (χ0n) is 18.6. The molecule has 5 nitrogen and oxygen atoms in total. The van der Waals surface area contributed by atoms with Crippen LogP contribution in [-0.4, -0.2) is 53.9 Å². The predicted molar refractivity (Wildman–Crippen MR) is 121 cm³/mol. The molecule has 5 heteroatoms. The highest BCUT2D eigenvalue weighted by molar-refractivity contribution is 5.90. The van der Waals surface area contributed by atoms with Gasteiger partial charge in [-0.15, -0.1) is 0 Å². The summed E-state index contributed by atoms with van der Waals surface area (Å²) in [5.41, 5.74) is 1.50. The number of carbonyl (C=O) groups excluding carboxylic acids is 1. The van der Waals surface area contributed by atoms with E-state index in [2.05, 4.69) is 34.1 Å². The number of β-amino-alcohol motifs (C(OH)–C–C–N with tert-alkyl or cyclic N) is 1. The van der Waals surface area contributed by atoms with Crippen LogP contribution in [0.25, 0.3) is 0 Å². The van der Waals surface area contributed by atoms with Crippen LogP contribution in [0.3, 0.4) is 0 Å². The van der Waals surface area contributed by atoms with E-state index >= 15 is 0 Å². The minimum Gasteiger partial charge on any atom is -0.456 e. The van der Waals surface area contributed by atoms with Gasteiger partial charge in [0.1, 0.15) is 5.60 Å². The van der Waals surface area contributed by atoms with Crippen LogP contribution < -0.4 is 4.90 Å². The lowest BCUT2D eigenvalue weighted by Crippen LogP contribution is -2.53. The van der Waals surface area contributed by atoms with Gasteiger partial charge in [0.2, 0.25) is 0 Å². The second-order valence-electron chi connectivity index (χ2n) is 9.43. The molecule has 0 radical (unpaired) electrons. The maximum Gasteiger partial charge on any atom is 0.338 e. The number of rotatable bonds is 6. The first-order chi connectivity index (χ1) is 14.1. The Bertz CT molecular complexity index is 830. The summed E-state index contributed by atoms with van der Waals surface area (Å²) in [7, 11) is 1.98. The highest BCUT2D eigenvalue weighted by Crippen LogP contribution is 2.26. The molecule has 1 fully saturated rings. The summed E-state index contributed by atoms with van der Waals surface area (Å²) in [6.45, 7) is 8.65. The third-order valence-corrected chi connectivity index (χ3v) is 5.36. The first-order valence-corrected chi connectivity index (χ1v) is 10.7. The Morgan fingerprint density at radius 2 is 1.80 bits per heavy atom. The standard InChI is InChI=1S/C25H34N2O3/c1-24(2,3)30-23(28)21-11-13-22(14-12-21)26(4)18-25(29)15-8-16-27(19-25)17-20-9-6-5-7-10-20/h5-7,9-14,29H,8,15-19H2,1-4H3. The SMILES string of the molecule is CN(CC1(O)CCCN(Cc2ccccc2)C1)c1ccc(C(=O)OC(C)(C)C)cc1. The molecule has 2 aromatic carbocycles. The van der Waals surface area contributed by atoms with Crippen molar-refractivity contribution in [3.05, 3.63) is 65.7 Å². The molecule has 1 heterocycles. The first kappa shape index (κ1) is 22.3. The van der Waals surface area contributed by atoms with E-state index in [1.165, 1.54) is 5.56 Å². The maximum absolute atomic E-state index is 12.2. The Hall–Kier alpha value is -2.37. The molecule has 30 heavy (non-hydrogen) atoms. The lowest BCUT2D eigenvalue weighted by atomic mass is 9.91. The minimum atomic E-state index is -0.758. The topological polar surface area (TPSA) is 53.0 Å². The molecule has 0 aromatic heterocycles. The Labute approximate surface area is 180 Å². The minimum absolute atomic E-state index is 0.320. The predicted octanol–water partition coefficient (Wildman–Crippen LogP) is 4.11. The van der Waals surface area contributed by atoms with Crippen molar-refractivity contribution in [1.29, 1.82) is 0 Å². The van der Waals surface area contributed by atoms with Gasteiger partial charge in [-0.25, -0.2) is 4.79 Å². The van der Waals surface area contributed by atoms with E-state index in [9.17, 15) is 9.90 Å². The van der Waals surface area contributed by atoms with E-state index in [1.54, 1.807) is 12.1 Å². The molecular weight excluding hydrogens is 376 g/mol. The summed E-state index contributed by atoms with van der Waals surface area (Å²) >= 11 is 0. The number of benzene rings is 2. The Morgan fingerprint density at radius 3 is 2.43 bits per heavy atom. The molecule has 1 aliphatic rings. The van der Waals surface area contributed by atoms with Crippen molar-refractivity contribution in [3.8, 4) is 0 Å². The van der Waals surface area contributed by atoms with Crippen LogP contribution >= 0.6 is 0 Å². The Morgan fingerprint density at radius 1 is 1.13 bits per heavy atom. The normalized spacial score (nSPS) is 20.0. The largest absolute Gasteiger partial charge is 0.456 e. The van der Waals surface area contributed by atoms with Crippen LogP contribution in [0.15, 0.2) is 54.6 Å². The number of carbonyl (C=O) groups is 1. The Kier molecular flexibility index (Phi) is 6.84. The summed E-state index contributed by atoms with van der Waals surface area (Å²) < 4.78 is 5.42. The highest BCUT2D eigenvalue weighted by Gasteiger charge is 2.34. The molecule has 0 saturated carbocycles. The molecule has 1 unspecified atom stereocenters. The van der Waals surface area contributed by atoms with Gasteiger partial charge in [-0.3, -0.25) is 4.90 Å². The summed E-state index contributed by atoms with van der Waals surface area (Å²) in [6, 6.07) is 17.8. The van der Waals surface area contributed by atoms with Crippen molar-refractivity contribution in [3.63, 3.8) is 0 Å². The molecule has 162 valence electrons. The first-order valence-electron chi connectivity index (χ1n) is 10.7. The molecule has 1 N–H and O–H groups in total. The zero-order chi connectivity index (χ0) is 21.8. The van der Waals surface area contributed by atoms with Crippen LogP contribution in [0.4, 0.5) is 5.69 Å². The molecule has 0 spiro atoms. The summed E-state index contributed by atoms with van der Waals surface area (Å²) in [5.74, 6) is -0.320. The van der Waals surface area contributed by atoms with Crippen molar-refractivity contribution in [2.24, 2.45) is 0 Å². The number of anilines is 1. The molecule has 0 aliphatic carbocycles. The van der Waals surface area contributed by atoms with Crippen molar-refractivity contribution in [2.75, 3.05) is 31.6 Å². The second-order valence-corrected chi connectivity index (χ2v) is 9.43. The van der Waals surface area contributed by atoms with Crippen LogP contribution in [0.5, 0.6) is 0 Å². The fraction of sp³-hybridized carbons (Fsp3) is 0.480. The van der Waals surface area contributed by atoms with Crippen LogP contribution in [-0.2, 0) is 11.3 Å². The quantitative estimate of drug-likeness (QED) is 0.727. The fourth-order valence-corrected chi connectivity index (χ4v) is 4.03. The molecule has 2 aromatic rings. The molecule has 3 rings (SSSR count). The number of esters is 1. The molecule has 0 amide bonds. The van der Waals surface area contributed by atoms with E-state index < -0.39 is 11.2 Å². The van der Waals surface area contributed by atoms with Crippen molar-refractivity contribution >= 4 is 11.7 Å². The van der Waals surface area contributed by atoms with Gasteiger partial charge in [0.25, 0.3) is 0 Å². The summed E-state index contributed by atoms with van der Waals surface area (Å²) in [6.07, 6.45) is 1.77. The van der Waals surface area contributed by atoms with E-state index in [1.807, 2.05) is 46.0 Å². The summed E-state index contributed by atoms with van der Waals surface area (Å²) in [4.78, 5) is 16.6. The van der Waals surface area contributed by atoms with Gasteiger partial charge >= 0.3 is 5.97 Å². The molecular formula is C25H34N2O3. The van der Waals surface area contributed by atoms with Crippen LogP contribution in [0.2, 0.25) is 0 Å². The van der Waals surface area contributed by atoms with Gasteiger partial charge in [0, 0.05) is 32.4 Å². The lowest BCUT2D eigenvalue weighted by molar-refractivity contribution is -0.0264. The lowest BCUT2D eigenvalue weighted by Gasteiger charge is -2.41. The smallest absolute Gasteiger partial charge is 0.338 e. The van der Waals surface area contributed by atoms with Gasteiger partial charge in [-0.1, -0.05) is 30.3 Å². The van der Waals surface area contributed by atoms with E-state index in [4.69, 9.17) is 4.74 Å². The average Bonchev–Trinajstić information content (AvgIpc) is 2.67. The number of likely N-dealkylation sites (tertiary alicyclic amines) is 1. The number of likely N-dealkylation sites (N-methyl/N-ethyl adjacent to an activating group) is 1. The molecule has 1 atom stereocenters. The van der Waals surface area contributed by atoms with Crippen molar-refractivity contribution < 1.29 is 14.6 Å². The Balaban J connectivity index is 1.60. The molecule has 1 aliphatic heterocycles. The maximum atomic E-state index is 12.2. The van der Waals surface area contributed by atoms with E-state index in [-0.39, 0.29) is 5.97 Å². The van der Waals surface area contributed by atoms with Crippen LogP contribution in [0.1, 0.15) is 49.5 Å².